The van der Waals surface area contributed by atoms with Crippen molar-refractivity contribution in [1.82, 2.24) is 14.3 Å². The smallest absolute Gasteiger partial charge is 0.353 e. The average molecular weight is 235 g/mol. The summed E-state index contributed by atoms with van der Waals surface area (Å²) in [5, 5.41) is 13.4. The number of phenols is 1. The largest absolute Gasteiger partial charge is 0.508 e. The summed E-state index contributed by atoms with van der Waals surface area (Å²) in [6.07, 6.45) is 0. The molecule has 0 amide bonds. The lowest BCUT2D eigenvalue weighted by Gasteiger charge is -2.07. The summed E-state index contributed by atoms with van der Waals surface area (Å²) in [7, 11) is 2.98. The van der Waals surface area contributed by atoms with E-state index >= 15 is 0 Å². The molecule has 0 bridgehead atoms. The van der Waals surface area contributed by atoms with Gasteiger partial charge in [-0.2, -0.15) is 0 Å². The molecule has 0 aliphatic heterocycles. The van der Waals surface area contributed by atoms with Gasteiger partial charge in [0.05, 0.1) is 12.8 Å². The first-order valence-corrected chi connectivity index (χ1v) is 5.04. The number of hydrogen-bond donors (Lipinski definition) is 1. The SMILES string of the molecule is COc1nn(C)c(=O)n1-c1cc(O)ccc1C. The van der Waals surface area contributed by atoms with E-state index in [2.05, 4.69) is 5.10 Å². The van der Waals surface area contributed by atoms with Gasteiger partial charge in [0.15, 0.2) is 0 Å². The Kier molecular flexibility index (Phi) is 2.63. The molecule has 0 saturated heterocycles. The Balaban J connectivity index is 2.76. The van der Waals surface area contributed by atoms with Gasteiger partial charge in [0.2, 0.25) is 0 Å². The number of aryl methyl sites for hydroxylation is 2. The van der Waals surface area contributed by atoms with Crippen LogP contribution in [0.5, 0.6) is 11.8 Å². The molecular formula is C11H13N3O3. The molecule has 2 rings (SSSR count). The Bertz CT molecular complexity index is 613. The highest BCUT2D eigenvalue weighted by Crippen LogP contribution is 2.21. The molecule has 0 spiro atoms. The van der Waals surface area contributed by atoms with Crippen LogP contribution in [0.4, 0.5) is 0 Å². The topological polar surface area (TPSA) is 69.3 Å². The molecular weight excluding hydrogens is 222 g/mol. The molecule has 90 valence electrons. The fourth-order valence-electron chi connectivity index (χ4n) is 1.62. The molecule has 2 aromatic rings. The fraction of sp³-hybridized carbons (Fsp3) is 0.273. The Morgan fingerprint density at radius 1 is 1.41 bits per heavy atom. The zero-order chi connectivity index (χ0) is 12.6. The molecule has 6 nitrogen and oxygen atoms in total. The summed E-state index contributed by atoms with van der Waals surface area (Å²) >= 11 is 0. The molecule has 0 unspecified atom stereocenters. The van der Waals surface area contributed by atoms with Gasteiger partial charge < -0.3 is 9.84 Å². The van der Waals surface area contributed by atoms with Crippen LogP contribution in [0.3, 0.4) is 0 Å². The molecule has 0 saturated carbocycles. The summed E-state index contributed by atoms with van der Waals surface area (Å²) in [6.45, 7) is 1.84. The van der Waals surface area contributed by atoms with E-state index in [9.17, 15) is 9.90 Å². The summed E-state index contributed by atoms with van der Waals surface area (Å²) < 4.78 is 7.54. The number of aromatic hydroxyl groups is 1. The number of aromatic nitrogens is 3. The summed E-state index contributed by atoms with van der Waals surface area (Å²) in [5.74, 6) is 0.0865. The summed E-state index contributed by atoms with van der Waals surface area (Å²) in [6, 6.07) is 4.98. The zero-order valence-electron chi connectivity index (χ0n) is 9.84. The van der Waals surface area contributed by atoms with Crippen LogP contribution in [0.1, 0.15) is 5.56 Å². The van der Waals surface area contributed by atoms with Crippen LogP contribution in [-0.2, 0) is 7.05 Å². The predicted octanol–water partition coefficient (Wildman–Crippen LogP) is 0.594. The standard InChI is InChI=1S/C11H13N3O3/c1-7-4-5-8(15)6-9(7)14-10(17-3)12-13(2)11(14)16/h4-6,15H,1-3H3. The number of rotatable bonds is 2. The van der Waals surface area contributed by atoms with Crippen molar-refractivity contribution in [3.8, 4) is 17.4 Å². The van der Waals surface area contributed by atoms with Gasteiger partial charge in [0.1, 0.15) is 5.75 Å². The maximum atomic E-state index is 11.9. The van der Waals surface area contributed by atoms with E-state index < -0.39 is 0 Å². The molecule has 0 aliphatic carbocycles. The molecule has 0 atom stereocenters. The van der Waals surface area contributed by atoms with Crippen LogP contribution in [0, 0.1) is 6.92 Å². The highest BCUT2D eigenvalue weighted by Gasteiger charge is 2.15. The van der Waals surface area contributed by atoms with Crippen molar-refractivity contribution in [1.29, 1.82) is 0 Å². The number of methoxy groups -OCH3 is 1. The minimum Gasteiger partial charge on any atom is -0.508 e. The van der Waals surface area contributed by atoms with Gasteiger partial charge >= 0.3 is 11.7 Å². The third-order valence-corrected chi connectivity index (χ3v) is 2.51. The molecule has 0 fully saturated rings. The van der Waals surface area contributed by atoms with Gasteiger partial charge in [-0.15, -0.1) is 5.10 Å². The van der Waals surface area contributed by atoms with E-state index in [-0.39, 0.29) is 17.4 Å². The second-order valence-corrected chi connectivity index (χ2v) is 3.70. The van der Waals surface area contributed by atoms with Crippen molar-refractivity contribution >= 4 is 0 Å². The predicted molar refractivity (Wildman–Crippen MR) is 61.8 cm³/mol. The number of hydrogen-bond acceptors (Lipinski definition) is 4. The van der Waals surface area contributed by atoms with Crippen LogP contribution in [0.25, 0.3) is 5.69 Å². The number of ether oxygens (including phenoxy) is 1. The lowest BCUT2D eigenvalue weighted by atomic mass is 10.2. The van der Waals surface area contributed by atoms with Crippen LogP contribution < -0.4 is 10.4 Å². The first-order chi connectivity index (χ1) is 8.04. The van der Waals surface area contributed by atoms with Crippen LogP contribution >= 0.6 is 0 Å². The van der Waals surface area contributed by atoms with Gasteiger partial charge in [-0.05, 0) is 18.6 Å². The lowest BCUT2D eigenvalue weighted by molar-refractivity contribution is 0.368. The van der Waals surface area contributed by atoms with E-state index in [1.165, 1.54) is 22.4 Å². The molecule has 0 radical (unpaired) electrons. The third kappa shape index (κ3) is 1.77. The number of nitrogens with zero attached hydrogens (tertiary/aromatic N) is 3. The lowest BCUT2D eigenvalue weighted by Crippen LogP contribution is -2.22. The van der Waals surface area contributed by atoms with Crippen LogP contribution in [0.2, 0.25) is 0 Å². The van der Waals surface area contributed by atoms with Crippen LogP contribution in [0.15, 0.2) is 23.0 Å². The monoisotopic (exact) mass is 235 g/mol. The van der Waals surface area contributed by atoms with Crippen molar-refractivity contribution in [3.63, 3.8) is 0 Å². The van der Waals surface area contributed by atoms with Gasteiger partial charge in [-0.3, -0.25) is 0 Å². The van der Waals surface area contributed by atoms with Gasteiger partial charge in [0.25, 0.3) is 0 Å². The Morgan fingerprint density at radius 3 is 2.76 bits per heavy atom. The van der Waals surface area contributed by atoms with E-state index in [1.807, 2.05) is 6.92 Å². The van der Waals surface area contributed by atoms with E-state index in [0.29, 0.717) is 5.69 Å². The Morgan fingerprint density at radius 2 is 2.12 bits per heavy atom. The molecule has 1 aromatic heterocycles. The molecule has 17 heavy (non-hydrogen) atoms. The van der Waals surface area contributed by atoms with E-state index in [4.69, 9.17) is 4.74 Å². The average Bonchev–Trinajstić information content (AvgIpc) is 2.59. The second-order valence-electron chi connectivity index (χ2n) is 3.70. The second kappa shape index (κ2) is 3.97. The Hall–Kier alpha value is -2.24. The highest BCUT2D eigenvalue weighted by atomic mass is 16.5. The molecule has 6 heteroatoms. The van der Waals surface area contributed by atoms with Crippen molar-refractivity contribution in [3.05, 3.63) is 34.2 Å². The van der Waals surface area contributed by atoms with Crippen molar-refractivity contribution < 1.29 is 9.84 Å². The van der Waals surface area contributed by atoms with Gasteiger partial charge in [0, 0.05) is 13.1 Å². The Labute approximate surface area is 97.7 Å². The zero-order valence-corrected chi connectivity index (χ0v) is 9.84. The minimum absolute atomic E-state index is 0.0865. The summed E-state index contributed by atoms with van der Waals surface area (Å²) in [4.78, 5) is 11.9. The quantitative estimate of drug-likeness (QED) is 0.827. The molecule has 1 aromatic carbocycles. The van der Waals surface area contributed by atoms with Crippen LogP contribution in [-0.4, -0.2) is 26.6 Å². The summed E-state index contributed by atoms with van der Waals surface area (Å²) in [5.41, 5.74) is 1.08. The van der Waals surface area contributed by atoms with E-state index in [0.717, 1.165) is 5.56 Å². The fourth-order valence-corrected chi connectivity index (χ4v) is 1.62. The molecule has 0 aliphatic rings. The highest BCUT2D eigenvalue weighted by molar-refractivity contribution is 5.46. The molecule has 1 heterocycles. The van der Waals surface area contributed by atoms with Crippen molar-refractivity contribution in [2.45, 2.75) is 6.92 Å². The van der Waals surface area contributed by atoms with Gasteiger partial charge in [-0.25, -0.2) is 14.0 Å². The number of benzene rings is 1. The minimum atomic E-state index is -0.324. The number of phenolic OH excluding ortho intramolecular Hbond substituents is 1. The normalized spacial score (nSPS) is 10.5. The van der Waals surface area contributed by atoms with Crippen molar-refractivity contribution in [2.24, 2.45) is 7.05 Å². The maximum Gasteiger partial charge on any atom is 0.353 e. The first kappa shape index (κ1) is 11.3. The van der Waals surface area contributed by atoms with Crippen molar-refractivity contribution in [2.75, 3.05) is 7.11 Å². The molecule has 1 N–H and O–H groups in total. The maximum absolute atomic E-state index is 11.9. The van der Waals surface area contributed by atoms with E-state index in [1.54, 1.807) is 19.2 Å². The first-order valence-electron chi connectivity index (χ1n) is 5.04. The van der Waals surface area contributed by atoms with Gasteiger partial charge in [-0.1, -0.05) is 6.07 Å². The third-order valence-electron chi connectivity index (χ3n) is 2.51.